The number of ether oxygens (including phenoxy) is 1. The first-order valence-electron chi connectivity index (χ1n) is 6.29. The standard InChI is InChI=1S/C15H15ClN2O3/c1-2-7-17-15(19)18-11-5-6-14(13(16)9-11)21-10-12-4-3-8-20-12/h2-6,8-9H,1,7,10H2,(H2,17,18,19). The third kappa shape index (κ3) is 4.57. The molecule has 0 unspecified atom stereocenters. The molecule has 0 aliphatic heterocycles. The van der Waals surface area contributed by atoms with Crippen LogP contribution in [0.15, 0.2) is 53.7 Å². The molecule has 0 saturated carbocycles. The molecule has 0 fully saturated rings. The number of carbonyl (C=O) groups excluding carboxylic acids is 1. The van der Waals surface area contributed by atoms with Crippen LogP contribution >= 0.6 is 11.6 Å². The van der Waals surface area contributed by atoms with E-state index in [0.717, 1.165) is 0 Å². The monoisotopic (exact) mass is 306 g/mol. The van der Waals surface area contributed by atoms with Crippen LogP contribution in [-0.2, 0) is 6.61 Å². The van der Waals surface area contributed by atoms with Crippen LogP contribution in [0, 0.1) is 0 Å². The number of halogens is 1. The topological polar surface area (TPSA) is 63.5 Å². The van der Waals surface area contributed by atoms with Gasteiger partial charge in [-0.05, 0) is 30.3 Å². The van der Waals surface area contributed by atoms with Crippen molar-refractivity contribution >= 4 is 23.3 Å². The zero-order valence-corrected chi connectivity index (χ0v) is 12.0. The number of carbonyl (C=O) groups is 1. The van der Waals surface area contributed by atoms with E-state index in [-0.39, 0.29) is 6.03 Å². The number of anilines is 1. The Bertz CT molecular complexity index is 611. The number of rotatable bonds is 6. The molecule has 1 aromatic carbocycles. The predicted octanol–water partition coefficient (Wildman–Crippen LogP) is 3.82. The molecular formula is C15H15ClN2O3. The number of amides is 2. The van der Waals surface area contributed by atoms with Crippen LogP contribution in [0.3, 0.4) is 0 Å². The molecule has 0 aliphatic rings. The van der Waals surface area contributed by atoms with Gasteiger partial charge in [0, 0.05) is 12.2 Å². The van der Waals surface area contributed by atoms with Gasteiger partial charge >= 0.3 is 6.03 Å². The van der Waals surface area contributed by atoms with Gasteiger partial charge in [-0.25, -0.2) is 4.79 Å². The van der Waals surface area contributed by atoms with E-state index in [4.69, 9.17) is 20.8 Å². The van der Waals surface area contributed by atoms with Gasteiger partial charge in [-0.3, -0.25) is 0 Å². The molecule has 21 heavy (non-hydrogen) atoms. The minimum Gasteiger partial charge on any atom is -0.484 e. The maximum atomic E-state index is 11.5. The number of furan rings is 1. The molecule has 2 N–H and O–H groups in total. The Kier molecular flexibility index (Phi) is 5.29. The van der Waals surface area contributed by atoms with Crippen molar-refractivity contribution < 1.29 is 13.9 Å². The molecule has 2 rings (SSSR count). The molecule has 110 valence electrons. The Morgan fingerprint density at radius 3 is 2.95 bits per heavy atom. The van der Waals surface area contributed by atoms with Gasteiger partial charge in [0.15, 0.2) is 0 Å². The van der Waals surface area contributed by atoms with E-state index in [1.165, 1.54) is 0 Å². The SMILES string of the molecule is C=CCNC(=O)Nc1ccc(OCc2ccco2)c(Cl)c1. The van der Waals surface area contributed by atoms with E-state index in [1.807, 2.05) is 6.07 Å². The summed E-state index contributed by atoms with van der Waals surface area (Å²) in [6.07, 6.45) is 3.17. The van der Waals surface area contributed by atoms with Crippen molar-refractivity contribution in [2.45, 2.75) is 6.61 Å². The van der Waals surface area contributed by atoms with Crippen molar-refractivity contribution in [2.24, 2.45) is 0 Å². The molecule has 0 atom stereocenters. The number of hydrogen-bond acceptors (Lipinski definition) is 3. The van der Waals surface area contributed by atoms with E-state index in [2.05, 4.69) is 17.2 Å². The van der Waals surface area contributed by atoms with E-state index < -0.39 is 0 Å². The van der Waals surface area contributed by atoms with Crippen LogP contribution in [0.25, 0.3) is 0 Å². The van der Waals surface area contributed by atoms with Gasteiger partial charge in [-0.15, -0.1) is 6.58 Å². The second kappa shape index (κ2) is 7.40. The Balaban J connectivity index is 1.93. The summed E-state index contributed by atoms with van der Waals surface area (Å²) in [6, 6.07) is 8.29. The molecule has 2 amide bonds. The van der Waals surface area contributed by atoms with Gasteiger partial charge in [-0.1, -0.05) is 17.7 Å². The largest absolute Gasteiger partial charge is 0.484 e. The molecule has 0 aliphatic carbocycles. The maximum Gasteiger partial charge on any atom is 0.319 e. The fourth-order valence-corrected chi connectivity index (χ4v) is 1.81. The number of benzene rings is 1. The summed E-state index contributed by atoms with van der Waals surface area (Å²) in [7, 11) is 0. The van der Waals surface area contributed by atoms with Crippen LogP contribution in [0.2, 0.25) is 5.02 Å². The molecule has 5 nitrogen and oxygen atoms in total. The fraction of sp³-hybridized carbons (Fsp3) is 0.133. The molecule has 0 spiro atoms. The van der Waals surface area contributed by atoms with Crippen molar-refractivity contribution in [3.8, 4) is 5.75 Å². The van der Waals surface area contributed by atoms with Crippen LogP contribution < -0.4 is 15.4 Å². The quantitative estimate of drug-likeness (QED) is 0.797. The normalized spacial score (nSPS) is 9.95. The van der Waals surface area contributed by atoms with Gasteiger partial charge in [0.25, 0.3) is 0 Å². The van der Waals surface area contributed by atoms with E-state index >= 15 is 0 Å². The average molecular weight is 307 g/mol. The van der Waals surface area contributed by atoms with E-state index in [0.29, 0.717) is 35.4 Å². The van der Waals surface area contributed by atoms with Gasteiger partial charge in [0.05, 0.1) is 11.3 Å². The van der Waals surface area contributed by atoms with Gasteiger partial charge < -0.3 is 19.8 Å². The minimum absolute atomic E-state index is 0.291. The number of urea groups is 1. The third-order valence-electron chi connectivity index (χ3n) is 2.55. The van der Waals surface area contributed by atoms with Gasteiger partial charge in [-0.2, -0.15) is 0 Å². The minimum atomic E-state index is -0.324. The number of nitrogens with one attached hydrogen (secondary N) is 2. The zero-order valence-electron chi connectivity index (χ0n) is 11.3. The molecule has 1 aromatic heterocycles. The lowest BCUT2D eigenvalue weighted by atomic mass is 10.3. The van der Waals surface area contributed by atoms with Crippen molar-refractivity contribution in [2.75, 3.05) is 11.9 Å². The lowest BCUT2D eigenvalue weighted by Gasteiger charge is -2.10. The highest BCUT2D eigenvalue weighted by atomic mass is 35.5. The number of hydrogen-bond donors (Lipinski definition) is 2. The second-order valence-corrected chi connectivity index (χ2v) is 4.54. The molecule has 2 aromatic rings. The molecular weight excluding hydrogens is 292 g/mol. The maximum absolute atomic E-state index is 11.5. The Labute approximate surface area is 127 Å². The van der Waals surface area contributed by atoms with E-state index in [9.17, 15) is 4.79 Å². The van der Waals surface area contributed by atoms with Crippen molar-refractivity contribution in [3.05, 3.63) is 60.0 Å². The van der Waals surface area contributed by atoms with Gasteiger partial charge in [0.2, 0.25) is 0 Å². The molecule has 0 radical (unpaired) electrons. The zero-order chi connectivity index (χ0) is 15.1. The van der Waals surface area contributed by atoms with Crippen molar-refractivity contribution in [1.29, 1.82) is 0 Å². The molecule has 0 saturated heterocycles. The molecule has 6 heteroatoms. The average Bonchev–Trinajstić information content (AvgIpc) is 2.97. The highest BCUT2D eigenvalue weighted by molar-refractivity contribution is 6.32. The first-order valence-corrected chi connectivity index (χ1v) is 6.67. The van der Waals surface area contributed by atoms with Gasteiger partial charge in [0.1, 0.15) is 18.1 Å². The highest BCUT2D eigenvalue weighted by Gasteiger charge is 2.06. The summed E-state index contributed by atoms with van der Waals surface area (Å²) < 4.78 is 10.7. The van der Waals surface area contributed by atoms with Crippen molar-refractivity contribution in [3.63, 3.8) is 0 Å². The van der Waals surface area contributed by atoms with Crippen LogP contribution in [0.1, 0.15) is 5.76 Å². The Hall–Kier alpha value is -2.40. The highest BCUT2D eigenvalue weighted by Crippen LogP contribution is 2.28. The summed E-state index contributed by atoms with van der Waals surface area (Å²) in [5, 5.41) is 5.67. The van der Waals surface area contributed by atoms with E-state index in [1.54, 1.807) is 36.6 Å². The lowest BCUT2D eigenvalue weighted by molar-refractivity contribution is 0.253. The first kappa shape index (κ1) is 15.0. The predicted molar refractivity (Wildman–Crippen MR) is 81.7 cm³/mol. The van der Waals surface area contributed by atoms with Crippen LogP contribution in [-0.4, -0.2) is 12.6 Å². The summed E-state index contributed by atoms with van der Waals surface area (Å²) in [6.45, 7) is 4.20. The summed E-state index contributed by atoms with van der Waals surface area (Å²) >= 11 is 6.11. The summed E-state index contributed by atoms with van der Waals surface area (Å²) in [4.78, 5) is 11.5. The lowest BCUT2D eigenvalue weighted by Crippen LogP contribution is -2.28. The van der Waals surface area contributed by atoms with Crippen molar-refractivity contribution in [1.82, 2.24) is 5.32 Å². The molecule has 1 heterocycles. The second-order valence-electron chi connectivity index (χ2n) is 4.14. The Morgan fingerprint density at radius 2 is 2.29 bits per heavy atom. The molecule has 0 bridgehead atoms. The van der Waals surface area contributed by atoms with Crippen LogP contribution in [0.5, 0.6) is 5.75 Å². The third-order valence-corrected chi connectivity index (χ3v) is 2.84. The first-order chi connectivity index (χ1) is 10.2. The Morgan fingerprint density at radius 1 is 1.43 bits per heavy atom. The van der Waals surface area contributed by atoms with Crippen LogP contribution in [0.4, 0.5) is 10.5 Å². The smallest absolute Gasteiger partial charge is 0.319 e. The summed E-state index contributed by atoms with van der Waals surface area (Å²) in [5.41, 5.74) is 0.576. The summed E-state index contributed by atoms with van der Waals surface area (Å²) in [5.74, 6) is 1.22. The fourth-order valence-electron chi connectivity index (χ4n) is 1.58.